The highest BCUT2D eigenvalue weighted by atomic mass is 32.2. The molecule has 1 aromatic carbocycles. The predicted octanol–water partition coefficient (Wildman–Crippen LogP) is 1.04. The number of rotatable bonds is 3. The Morgan fingerprint density at radius 2 is 2.24 bits per heavy atom. The third-order valence-electron chi connectivity index (χ3n) is 3.09. The number of nitriles is 1. The highest BCUT2D eigenvalue weighted by Gasteiger charge is 2.29. The molecule has 7 heteroatoms. The lowest BCUT2D eigenvalue weighted by atomic mass is 10.1. The van der Waals surface area contributed by atoms with Gasteiger partial charge in [-0.25, -0.2) is 12.8 Å². The van der Waals surface area contributed by atoms with Crippen LogP contribution in [0.5, 0.6) is 0 Å². The second-order valence-corrected chi connectivity index (χ2v) is 7.03. The Hall–Kier alpha value is -2.20. The van der Waals surface area contributed by atoms with Crippen molar-refractivity contribution in [1.82, 2.24) is 5.32 Å². The molecule has 0 bridgehead atoms. The number of carbonyl (C=O) groups excluding carboxylic acids is 1. The van der Waals surface area contributed by atoms with E-state index in [2.05, 4.69) is 5.32 Å². The van der Waals surface area contributed by atoms with Crippen molar-refractivity contribution >= 4 is 21.8 Å². The average Bonchev–Trinajstić information content (AvgIpc) is 2.75. The molecule has 0 spiro atoms. The number of sulfone groups is 1. The van der Waals surface area contributed by atoms with Crippen LogP contribution in [-0.4, -0.2) is 31.9 Å². The zero-order valence-corrected chi connectivity index (χ0v) is 11.9. The molecule has 1 aliphatic heterocycles. The summed E-state index contributed by atoms with van der Waals surface area (Å²) in [5.41, 5.74) is 0.200. The molecule has 1 aromatic rings. The van der Waals surface area contributed by atoms with Gasteiger partial charge in [0.1, 0.15) is 17.5 Å². The minimum atomic E-state index is -3.10. The number of hydrogen-bond donors (Lipinski definition) is 1. The fourth-order valence-corrected chi connectivity index (χ4v) is 3.76. The van der Waals surface area contributed by atoms with Crippen molar-refractivity contribution in [2.24, 2.45) is 0 Å². The Kier molecular flexibility index (Phi) is 4.38. The molecule has 1 amide bonds. The maximum Gasteiger partial charge on any atom is 0.262 e. The maximum absolute atomic E-state index is 13.1. The van der Waals surface area contributed by atoms with E-state index < -0.39 is 27.6 Å². The number of nitrogens with zero attached hydrogens (tertiary/aromatic N) is 1. The minimum absolute atomic E-state index is 0.0352. The number of nitrogens with one attached hydrogen (secondary N) is 1. The van der Waals surface area contributed by atoms with Crippen LogP contribution >= 0.6 is 0 Å². The average molecular weight is 308 g/mol. The molecule has 1 atom stereocenters. The first-order chi connectivity index (χ1) is 9.89. The Bertz CT molecular complexity index is 735. The summed E-state index contributed by atoms with van der Waals surface area (Å²) in [5, 5.41) is 11.5. The first-order valence-corrected chi connectivity index (χ1v) is 8.10. The van der Waals surface area contributed by atoms with E-state index in [9.17, 15) is 17.6 Å². The van der Waals surface area contributed by atoms with Gasteiger partial charge in [0.05, 0.1) is 11.5 Å². The van der Waals surface area contributed by atoms with E-state index in [0.29, 0.717) is 12.0 Å². The van der Waals surface area contributed by atoms with E-state index in [0.717, 1.165) is 0 Å². The fraction of sp³-hybridized carbons (Fsp3) is 0.286. The van der Waals surface area contributed by atoms with Gasteiger partial charge in [0.2, 0.25) is 0 Å². The predicted molar refractivity (Wildman–Crippen MR) is 75.2 cm³/mol. The number of halogens is 1. The zero-order valence-electron chi connectivity index (χ0n) is 11.0. The molecule has 0 aliphatic carbocycles. The van der Waals surface area contributed by atoms with Gasteiger partial charge in [-0.15, -0.1) is 0 Å². The van der Waals surface area contributed by atoms with Crippen molar-refractivity contribution in [3.63, 3.8) is 0 Å². The van der Waals surface area contributed by atoms with Gasteiger partial charge >= 0.3 is 0 Å². The van der Waals surface area contributed by atoms with Crippen LogP contribution in [0.25, 0.3) is 6.08 Å². The standard InChI is InChI=1S/C14H13FN2O3S/c15-12-3-1-2-10(7-12)6-11(8-16)14(18)17-13-4-5-21(19,20)9-13/h1-3,6-7,13H,4-5,9H2,(H,17,18)/b11-6+. The summed E-state index contributed by atoms with van der Waals surface area (Å²) >= 11 is 0. The lowest BCUT2D eigenvalue weighted by Gasteiger charge is -2.09. The minimum Gasteiger partial charge on any atom is -0.348 e. The van der Waals surface area contributed by atoms with Crippen LogP contribution < -0.4 is 5.32 Å². The summed E-state index contributed by atoms with van der Waals surface area (Å²) in [4.78, 5) is 11.9. The molecule has 110 valence electrons. The third-order valence-corrected chi connectivity index (χ3v) is 4.86. The molecule has 21 heavy (non-hydrogen) atoms. The smallest absolute Gasteiger partial charge is 0.262 e. The molecule has 1 unspecified atom stereocenters. The fourth-order valence-electron chi connectivity index (χ4n) is 2.08. The van der Waals surface area contributed by atoms with Crippen LogP contribution in [-0.2, 0) is 14.6 Å². The van der Waals surface area contributed by atoms with Crippen LogP contribution in [0, 0.1) is 17.1 Å². The summed E-state index contributed by atoms with van der Waals surface area (Å²) in [6.07, 6.45) is 1.61. The van der Waals surface area contributed by atoms with E-state index >= 15 is 0 Å². The SMILES string of the molecule is N#C/C(=C\c1cccc(F)c1)C(=O)NC1CCS(=O)(=O)C1. The van der Waals surface area contributed by atoms with Gasteiger partial charge in [0.25, 0.3) is 5.91 Å². The number of carbonyl (C=O) groups is 1. The Morgan fingerprint density at radius 3 is 2.81 bits per heavy atom. The number of benzene rings is 1. The van der Waals surface area contributed by atoms with Crippen LogP contribution in [0.15, 0.2) is 29.8 Å². The summed E-state index contributed by atoms with van der Waals surface area (Å²) < 4.78 is 35.7. The molecule has 0 radical (unpaired) electrons. The van der Waals surface area contributed by atoms with Gasteiger partial charge in [-0.05, 0) is 30.2 Å². The van der Waals surface area contributed by atoms with Crippen LogP contribution in [0.4, 0.5) is 4.39 Å². The first kappa shape index (κ1) is 15.2. The second-order valence-electron chi connectivity index (χ2n) is 4.80. The van der Waals surface area contributed by atoms with Crippen molar-refractivity contribution in [2.75, 3.05) is 11.5 Å². The molecule has 1 heterocycles. The Labute approximate surface area is 122 Å². The van der Waals surface area contributed by atoms with Gasteiger partial charge in [-0.3, -0.25) is 4.79 Å². The largest absolute Gasteiger partial charge is 0.348 e. The Morgan fingerprint density at radius 1 is 1.48 bits per heavy atom. The molecule has 1 saturated heterocycles. The molecule has 1 N–H and O–H groups in total. The maximum atomic E-state index is 13.1. The highest BCUT2D eigenvalue weighted by molar-refractivity contribution is 7.91. The summed E-state index contributed by atoms with van der Waals surface area (Å²) in [6, 6.07) is 6.75. The summed E-state index contributed by atoms with van der Waals surface area (Å²) in [7, 11) is -3.10. The third kappa shape index (κ3) is 4.13. The summed E-state index contributed by atoms with van der Waals surface area (Å²) in [6.45, 7) is 0. The van der Waals surface area contributed by atoms with Crippen LogP contribution in [0.2, 0.25) is 0 Å². The van der Waals surface area contributed by atoms with Crippen LogP contribution in [0.3, 0.4) is 0 Å². The molecule has 0 saturated carbocycles. The molecule has 1 aliphatic rings. The van der Waals surface area contributed by atoms with Gasteiger partial charge in [-0.2, -0.15) is 5.26 Å². The molecule has 1 fully saturated rings. The quantitative estimate of drug-likeness (QED) is 0.667. The zero-order chi connectivity index (χ0) is 15.5. The van der Waals surface area contributed by atoms with E-state index in [1.807, 2.05) is 0 Å². The molecule has 2 rings (SSSR count). The highest BCUT2D eigenvalue weighted by Crippen LogP contribution is 2.13. The second kappa shape index (κ2) is 6.06. The topological polar surface area (TPSA) is 87.0 Å². The first-order valence-electron chi connectivity index (χ1n) is 6.28. The molecule has 5 nitrogen and oxygen atoms in total. The number of hydrogen-bond acceptors (Lipinski definition) is 4. The normalized spacial score (nSPS) is 20.8. The molecular weight excluding hydrogens is 295 g/mol. The van der Waals surface area contributed by atoms with Crippen molar-refractivity contribution in [2.45, 2.75) is 12.5 Å². The summed E-state index contributed by atoms with van der Waals surface area (Å²) in [5.74, 6) is -1.20. The molecule has 0 aromatic heterocycles. The van der Waals surface area contributed by atoms with Gasteiger partial charge in [-0.1, -0.05) is 12.1 Å². The molecular formula is C14H13FN2O3S. The Balaban J connectivity index is 2.11. The van der Waals surface area contributed by atoms with E-state index in [1.165, 1.54) is 24.3 Å². The van der Waals surface area contributed by atoms with Gasteiger partial charge in [0, 0.05) is 6.04 Å². The lowest BCUT2D eigenvalue weighted by molar-refractivity contribution is -0.117. The number of amides is 1. The van der Waals surface area contributed by atoms with E-state index in [1.54, 1.807) is 12.1 Å². The van der Waals surface area contributed by atoms with Crippen LogP contribution in [0.1, 0.15) is 12.0 Å². The van der Waals surface area contributed by atoms with Gasteiger partial charge < -0.3 is 5.32 Å². The van der Waals surface area contributed by atoms with E-state index in [4.69, 9.17) is 5.26 Å². The van der Waals surface area contributed by atoms with Crippen molar-refractivity contribution < 1.29 is 17.6 Å². The van der Waals surface area contributed by atoms with Crippen molar-refractivity contribution in [3.8, 4) is 6.07 Å². The van der Waals surface area contributed by atoms with E-state index in [-0.39, 0.29) is 17.1 Å². The monoisotopic (exact) mass is 308 g/mol. The lowest BCUT2D eigenvalue weighted by Crippen LogP contribution is -2.36. The van der Waals surface area contributed by atoms with Gasteiger partial charge in [0.15, 0.2) is 9.84 Å². The van der Waals surface area contributed by atoms with Crippen molar-refractivity contribution in [3.05, 3.63) is 41.2 Å². The van der Waals surface area contributed by atoms with Crippen molar-refractivity contribution in [1.29, 1.82) is 5.26 Å².